The van der Waals surface area contributed by atoms with Crippen molar-refractivity contribution in [2.24, 2.45) is 0 Å². The number of nitrogens with zero attached hydrogens (tertiary/aromatic N) is 2. The lowest BCUT2D eigenvalue weighted by Gasteiger charge is -2.26. The van der Waals surface area contributed by atoms with Crippen molar-refractivity contribution in [3.8, 4) is 0 Å². The Morgan fingerprint density at radius 3 is 2.95 bits per heavy atom. The number of aromatic nitrogens is 2. The average molecular weight is 275 g/mol. The Morgan fingerprint density at radius 2 is 2.42 bits per heavy atom. The van der Waals surface area contributed by atoms with E-state index < -0.39 is 36.5 Å². The molecule has 1 aromatic heterocycles. The number of aliphatic hydroxyl groups excluding tert-OH is 2. The second-order valence-corrected chi connectivity index (χ2v) is 4.45. The van der Waals surface area contributed by atoms with E-state index in [1.807, 2.05) is 5.32 Å². The lowest BCUT2D eigenvalue weighted by atomic mass is 9.97. The first-order chi connectivity index (χ1) is 8.91. The second-order valence-electron chi connectivity index (χ2n) is 4.45. The zero-order valence-corrected chi connectivity index (χ0v) is 10.0. The molecule has 106 valence electrons. The molecule has 0 unspecified atom stereocenters. The standard InChI is InChI=1S/C10H14FN3O5/c1-10(18)7(17)6(3-15)19-9(10)14-2-5(11)8(13-14)12-4-16/h2,4,6-7,9,15,17-18H,3H2,1H3,(H,12,13,16)/t6-,7-,9-,10-/m1/s1. The topological polar surface area (TPSA) is 117 Å². The Kier molecular flexibility index (Phi) is 3.54. The van der Waals surface area contributed by atoms with E-state index in [4.69, 9.17) is 9.84 Å². The number of hydrogen-bond acceptors (Lipinski definition) is 6. The molecule has 1 aliphatic rings. The maximum absolute atomic E-state index is 13.4. The first kappa shape index (κ1) is 13.9. The third-order valence-corrected chi connectivity index (χ3v) is 3.06. The van der Waals surface area contributed by atoms with Crippen molar-refractivity contribution < 1.29 is 29.2 Å². The van der Waals surface area contributed by atoms with E-state index in [0.717, 1.165) is 10.9 Å². The fraction of sp³-hybridized carbons (Fsp3) is 0.600. The van der Waals surface area contributed by atoms with Gasteiger partial charge in [-0.2, -0.15) is 0 Å². The number of ether oxygens (including phenoxy) is 1. The first-order valence-corrected chi connectivity index (χ1v) is 5.53. The minimum atomic E-state index is -1.76. The van der Waals surface area contributed by atoms with Gasteiger partial charge in [-0.15, -0.1) is 5.10 Å². The van der Waals surface area contributed by atoms with Gasteiger partial charge in [-0.25, -0.2) is 9.07 Å². The average Bonchev–Trinajstić information content (AvgIpc) is 2.81. The molecule has 2 rings (SSSR count). The quantitative estimate of drug-likeness (QED) is 0.502. The van der Waals surface area contributed by atoms with E-state index in [1.54, 1.807) is 0 Å². The van der Waals surface area contributed by atoms with Crippen LogP contribution < -0.4 is 5.32 Å². The monoisotopic (exact) mass is 275 g/mol. The fourth-order valence-electron chi connectivity index (χ4n) is 2.02. The number of nitrogens with one attached hydrogen (secondary N) is 1. The van der Waals surface area contributed by atoms with Gasteiger partial charge in [0.2, 0.25) is 6.41 Å². The highest BCUT2D eigenvalue weighted by molar-refractivity contribution is 5.68. The van der Waals surface area contributed by atoms with E-state index in [0.29, 0.717) is 0 Å². The molecule has 0 saturated carbocycles. The van der Waals surface area contributed by atoms with Gasteiger partial charge in [-0.05, 0) is 6.92 Å². The van der Waals surface area contributed by atoms with Crippen molar-refractivity contribution in [1.29, 1.82) is 0 Å². The summed E-state index contributed by atoms with van der Waals surface area (Å²) in [4.78, 5) is 10.3. The molecular weight excluding hydrogens is 261 g/mol. The predicted octanol–water partition coefficient (Wildman–Crippen LogP) is -1.41. The highest BCUT2D eigenvalue weighted by Crippen LogP contribution is 2.38. The second kappa shape index (κ2) is 4.85. The van der Waals surface area contributed by atoms with E-state index in [9.17, 15) is 19.4 Å². The lowest BCUT2D eigenvalue weighted by Crippen LogP contribution is -2.44. The van der Waals surface area contributed by atoms with Crippen LogP contribution >= 0.6 is 0 Å². The lowest BCUT2D eigenvalue weighted by molar-refractivity contribution is -0.105. The number of carbonyl (C=O) groups is 1. The summed E-state index contributed by atoms with van der Waals surface area (Å²) in [7, 11) is 0. The van der Waals surface area contributed by atoms with Gasteiger partial charge in [0.05, 0.1) is 12.8 Å². The number of anilines is 1. The van der Waals surface area contributed by atoms with Crippen LogP contribution in [0.5, 0.6) is 0 Å². The molecule has 0 aromatic carbocycles. The highest BCUT2D eigenvalue weighted by atomic mass is 19.1. The SMILES string of the molecule is C[C@@]1(O)[C@H](O)[C@@H](CO)O[C@H]1n1cc(F)c(NC=O)n1. The fourth-order valence-corrected chi connectivity index (χ4v) is 2.02. The van der Waals surface area contributed by atoms with Crippen LogP contribution in [0.3, 0.4) is 0 Å². The van der Waals surface area contributed by atoms with Crippen molar-refractivity contribution >= 4 is 12.2 Å². The Hall–Kier alpha value is -1.55. The van der Waals surface area contributed by atoms with Crippen LogP contribution in [0.2, 0.25) is 0 Å². The van der Waals surface area contributed by atoms with Gasteiger partial charge < -0.3 is 25.4 Å². The van der Waals surface area contributed by atoms with Gasteiger partial charge in [0, 0.05) is 0 Å². The molecule has 4 N–H and O–H groups in total. The van der Waals surface area contributed by atoms with E-state index in [2.05, 4.69) is 5.10 Å². The summed E-state index contributed by atoms with van der Waals surface area (Å²) < 4.78 is 19.6. The summed E-state index contributed by atoms with van der Waals surface area (Å²) in [6, 6.07) is 0. The Bertz CT molecular complexity index is 478. The van der Waals surface area contributed by atoms with Gasteiger partial charge in [-0.3, -0.25) is 4.79 Å². The molecule has 0 aliphatic carbocycles. The van der Waals surface area contributed by atoms with Crippen LogP contribution in [0.4, 0.5) is 10.2 Å². The van der Waals surface area contributed by atoms with Gasteiger partial charge in [-0.1, -0.05) is 0 Å². The van der Waals surface area contributed by atoms with E-state index in [1.165, 1.54) is 6.92 Å². The minimum Gasteiger partial charge on any atom is -0.394 e. The number of aliphatic hydroxyl groups is 3. The Morgan fingerprint density at radius 1 is 1.74 bits per heavy atom. The van der Waals surface area contributed by atoms with E-state index >= 15 is 0 Å². The van der Waals surface area contributed by atoms with Crippen LogP contribution in [0.25, 0.3) is 0 Å². The van der Waals surface area contributed by atoms with Crippen molar-refractivity contribution in [3.63, 3.8) is 0 Å². The number of halogens is 1. The molecule has 1 aromatic rings. The molecule has 0 radical (unpaired) electrons. The molecule has 2 heterocycles. The van der Waals surface area contributed by atoms with Crippen LogP contribution in [0, 0.1) is 5.82 Å². The summed E-state index contributed by atoms with van der Waals surface area (Å²) in [5.41, 5.74) is -1.76. The number of amides is 1. The summed E-state index contributed by atoms with van der Waals surface area (Å²) in [6.45, 7) is 0.779. The normalized spacial score (nSPS) is 34.5. The third-order valence-electron chi connectivity index (χ3n) is 3.06. The highest BCUT2D eigenvalue weighted by Gasteiger charge is 2.53. The van der Waals surface area contributed by atoms with Crippen LogP contribution in [0.1, 0.15) is 13.2 Å². The maximum Gasteiger partial charge on any atom is 0.212 e. The van der Waals surface area contributed by atoms with Crippen molar-refractivity contribution in [2.45, 2.75) is 31.0 Å². The van der Waals surface area contributed by atoms with Crippen molar-refractivity contribution in [3.05, 3.63) is 12.0 Å². The molecule has 1 fully saturated rings. The molecule has 8 nitrogen and oxygen atoms in total. The number of carbonyl (C=O) groups excluding carboxylic acids is 1. The van der Waals surface area contributed by atoms with Crippen LogP contribution in [0.15, 0.2) is 6.20 Å². The van der Waals surface area contributed by atoms with Gasteiger partial charge in [0.15, 0.2) is 17.9 Å². The molecule has 19 heavy (non-hydrogen) atoms. The number of hydrogen-bond donors (Lipinski definition) is 4. The molecule has 0 spiro atoms. The van der Waals surface area contributed by atoms with Gasteiger partial charge in [0.25, 0.3) is 0 Å². The molecular formula is C10H14FN3O5. The summed E-state index contributed by atoms with van der Waals surface area (Å²) in [5.74, 6) is -1.13. The minimum absolute atomic E-state index is 0.259. The summed E-state index contributed by atoms with van der Waals surface area (Å²) >= 11 is 0. The number of rotatable bonds is 4. The predicted molar refractivity (Wildman–Crippen MR) is 59.5 cm³/mol. The van der Waals surface area contributed by atoms with Gasteiger partial charge >= 0.3 is 0 Å². The zero-order valence-electron chi connectivity index (χ0n) is 10.0. The molecule has 1 amide bonds. The summed E-state index contributed by atoms with van der Waals surface area (Å²) in [5, 5.41) is 34.7. The molecule has 4 atom stereocenters. The van der Waals surface area contributed by atoms with Gasteiger partial charge in [0.1, 0.15) is 17.8 Å². The maximum atomic E-state index is 13.4. The molecule has 9 heteroatoms. The summed E-state index contributed by atoms with van der Waals surface area (Å²) in [6.07, 6.45) is -2.37. The molecule has 0 bridgehead atoms. The third kappa shape index (κ3) is 2.21. The first-order valence-electron chi connectivity index (χ1n) is 5.53. The largest absolute Gasteiger partial charge is 0.394 e. The van der Waals surface area contributed by atoms with Crippen molar-refractivity contribution in [2.75, 3.05) is 11.9 Å². The van der Waals surface area contributed by atoms with Crippen LogP contribution in [-0.4, -0.2) is 55.9 Å². The zero-order chi connectivity index (χ0) is 14.2. The smallest absolute Gasteiger partial charge is 0.212 e. The Labute approximate surface area is 107 Å². The molecule has 1 aliphatic heterocycles. The van der Waals surface area contributed by atoms with Crippen molar-refractivity contribution in [1.82, 2.24) is 9.78 Å². The van der Waals surface area contributed by atoms with Crippen LogP contribution in [-0.2, 0) is 9.53 Å². The van der Waals surface area contributed by atoms with E-state index in [-0.39, 0.29) is 12.2 Å². The molecule has 1 saturated heterocycles. The Balaban J connectivity index is 2.31.